The number of hydrogen-bond acceptors (Lipinski definition) is 1. The molecule has 0 fully saturated rings. The molecule has 80 valence electrons. The van der Waals surface area contributed by atoms with E-state index in [4.69, 9.17) is 11.6 Å². The van der Waals surface area contributed by atoms with Gasteiger partial charge in [0.15, 0.2) is 0 Å². The Labute approximate surface area is 93.9 Å². The van der Waals surface area contributed by atoms with Crippen molar-refractivity contribution in [2.75, 3.05) is 0 Å². The molecule has 0 radical (unpaired) electrons. The summed E-state index contributed by atoms with van der Waals surface area (Å²) in [5, 5.41) is 9.47. The zero-order valence-electron chi connectivity index (χ0n) is 8.59. The molecule has 0 amide bonds. The molecule has 1 unspecified atom stereocenters. The normalized spacial score (nSPS) is 12.1. The van der Waals surface area contributed by atoms with Gasteiger partial charge in [-0.3, -0.25) is 0 Å². The first kappa shape index (κ1) is 12.0. The summed E-state index contributed by atoms with van der Waals surface area (Å²) >= 11 is 5.59. The minimum absolute atomic E-state index is 0.0424. The molecule has 0 aliphatic rings. The lowest BCUT2D eigenvalue weighted by Gasteiger charge is -2.05. The monoisotopic (exact) mass is 226 g/mol. The van der Waals surface area contributed by atoms with Crippen LogP contribution in [0.2, 0.25) is 5.02 Å². The Balaban J connectivity index is 2.85. The molecule has 1 nitrogen and oxygen atoms in total. The van der Waals surface area contributed by atoms with Crippen molar-refractivity contribution in [3.05, 3.63) is 34.6 Å². The molecule has 0 aromatic heterocycles. The van der Waals surface area contributed by atoms with Gasteiger partial charge in [0.25, 0.3) is 0 Å². The van der Waals surface area contributed by atoms with Gasteiger partial charge in [-0.05, 0) is 24.1 Å². The van der Waals surface area contributed by atoms with Crippen LogP contribution in [-0.2, 0) is 0 Å². The third kappa shape index (κ3) is 3.54. The maximum absolute atomic E-state index is 12.8. The van der Waals surface area contributed by atoms with E-state index >= 15 is 0 Å². The van der Waals surface area contributed by atoms with Gasteiger partial charge in [0.1, 0.15) is 11.9 Å². The van der Waals surface area contributed by atoms with Crippen molar-refractivity contribution in [2.24, 2.45) is 5.92 Å². The highest BCUT2D eigenvalue weighted by molar-refractivity contribution is 6.30. The minimum Gasteiger partial charge on any atom is -0.380 e. The smallest absolute Gasteiger partial charge is 0.141 e. The second-order valence-corrected chi connectivity index (χ2v) is 3.99. The van der Waals surface area contributed by atoms with Crippen molar-refractivity contribution in [3.63, 3.8) is 0 Å². The topological polar surface area (TPSA) is 20.2 Å². The van der Waals surface area contributed by atoms with Gasteiger partial charge >= 0.3 is 0 Å². The van der Waals surface area contributed by atoms with Crippen LogP contribution < -0.4 is 0 Å². The van der Waals surface area contributed by atoms with Crippen LogP contribution in [0.25, 0.3) is 0 Å². The zero-order valence-corrected chi connectivity index (χ0v) is 9.35. The van der Waals surface area contributed by atoms with Crippen molar-refractivity contribution in [3.8, 4) is 11.8 Å². The molecule has 0 heterocycles. The van der Waals surface area contributed by atoms with Crippen LogP contribution in [-0.4, -0.2) is 11.2 Å². The summed E-state index contributed by atoms with van der Waals surface area (Å²) < 4.78 is 12.8. The number of rotatable bonds is 1. The maximum atomic E-state index is 12.8. The van der Waals surface area contributed by atoms with E-state index in [1.165, 1.54) is 18.2 Å². The van der Waals surface area contributed by atoms with Crippen molar-refractivity contribution in [1.29, 1.82) is 0 Å². The van der Waals surface area contributed by atoms with E-state index in [-0.39, 0.29) is 10.9 Å². The SMILES string of the molecule is CC(C)C(O)C#Cc1ccc(F)c(Cl)c1. The molecule has 1 aromatic rings. The third-order valence-electron chi connectivity index (χ3n) is 1.92. The second kappa shape index (κ2) is 5.16. The highest BCUT2D eigenvalue weighted by Gasteiger charge is 2.04. The summed E-state index contributed by atoms with van der Waals surface area (Å²) in [6.45, 7) is 3.74. The Morgan fingerprint density at radius 1 is 1.40 bits per heavy atom. The van der Waals surface area contributed by atoms with Gasteiger partial charge in [-0.15, -0.1) is 0 Å². The van der Waals surface area contributed by atoms with Crippen LogP contribution in [0.5, 0.6) is 0 Å². The molecule has 15 heavy (non-hydrogen) atoms. The fourth-order valence-corrected chi connectivity index (χ4v) is 1.08. The second-order valence-electron chi connectivity index (χ2n) is 3.59. The van der Waals surface area contributed by atoms with E-state index in [0.717, 1.165) is 0 Å². The van der Waals surface area contributed by atoms with Crippen molar-refractivity contribution >= 4 is 11.6 Å². The van der Waals surface area contributed by atoms with Crippen LogP contribution in [0.1, 0.15) is 19.4 Å². The molecule has 1 aromatic carbocycles. The average molecular weight is 227 g/mol. The van der Waals surface area contributed by atoms with Crippen molar-refractivity contribution < 1.29 is 9.50 Å². The maximum Gasteiger partial charge on any atom is 0.141 e. The van der Waals surface area contributed by atoms with Crippen LogP contribution >= 0.6 is 11.6 Å². The van der Waals surface area contributed by atoms with Gasteiger partial charge in [0.2, 0.25) is 0 Å². The molecule has 3 heteroatoms. The van der Waals surface area contributed by atoms with Crippen molar-refractivity contribution in [2.45, 2.75) is 20.0 Å². The van der Waals surface area contributed by atoms with Crippen LogP contribution in [0, 0.1) is 23.6 Å². The molecular weight excluding hydrogens is 215 g/mol. The van der Waals surface area contributed by atoms with Crippen molar-refractivity contribution in [1.82, 2.24) is 0 Å². The third-order valence-corrected chi connectivity index (χ3v) is 2.21. The first-order chi connectivity index (χ1) is 7.00. The van der Waals surface area contributed by atoms with Gasteiger partial charge in [-0.2, -0.15) is 0 Å². The largest absolute Gasteiger partial charge is 0.380 e. The number of aliphatic hydroxyl groups excluding tert-OH is 1. The van der Waals surface area contributed by atoms with Gasteiger partial charge < -0.3 is 5.11 Å². The standard InChI is InChI=1S/C12H12ClFO/c1-8(2)12(15)6-4-9-3-5-11(14)10(13)7-9/h3,5,7-8,12,15H,1-2H3. The van der Waals surface area contributed by atoms with Crippen LogP contribution in [0.4, 0.5) is 4.39 Å². The Morgan fingerprint density at radius 2 is 2.07 bits per heavy atom. The fourth-order valence-electron chi connectivity index (χ4n) is 0.898. The van der Waals surface area contributed by atoms with E-state index < -0.39 is 11.9 Å². The van der Waals surface area contributed by atoms with Crippen LogP contribution in [0.3, 0.4) is 0 Å². The highest BCUT2D eigenvalue weighted by atomic mass is 35.5. The Kier molecular flexibility index (Phi) is 4.14. The molecule has 0 aliphatic heterocycles. The Hall–Kier alpha value is -1.04. The Morgan fingerprint density at radius 3 is 2.60 bits per heavy atom. The van der Waals surface area contributed by atoms with Crippen LogP contribution in [0.15, 0.2) is 18.2 Å². The van der Waals surface area contributed by atoms with Gasteiger partial charge in [-0.1, -0.05) is 37.3 Å². The first-order valence-electron chi connectivity index (χ1n) is 4.65. The predicted molar refractivity (Wildman–Crippen MR) is 59.1 cm³/mol. The molecule has 0 aliphatic carbocycles. The Bertz CT molecular complexity index is 404. The summed E-state index contributed by atoms with van der Waals surface area (Å²) in [7, 11) is 0. The summed E-state index contributed by atoms with van der Waals surface area (Å²) in [6.07, 6.45) is -0.672. The van der Waals surface area contributed by atoms with E-state index in [1.54, 1.807) is 0 Å². The summed E-state index contributed by atoms with van der Waals surface area (Å²) in [6, 6.07) is 4.23. The minimum atomic E-state index is -0.672. The summed E-state index contributed by atoms with van der Waals surface area (Å²) in [4.78, 5) is 0. The van der Waals surface area contributed by atoms with E-state index in [9.17, 15) is 9.50 Å². The van der Waals surface area contributed by atoms with E-state index in [1.807, 2.05) is 13.8 Å². The molecule has 0 saturated carbocycles. The van der Waals surface area contributed by atoms with E-state index in [0.29, 0.717) is 5.56 Å². The first-order valence-corrected chi connectivity index (χ1v) is 5.03. The molecule has 0 bridgehead atoms. The number of halogens is 2. The molecule has 0 saturated heterocycles. The number of benzene rings is 1. The summed E-state index contributed by atoms with van der Waals surface area (Å²) in [5.74, 6) is 5.02. The number of aliphatic hydroxyl groups is 1. The van der Waals surface area contributed by atoms with Gasteiger partial charge in [0, 0.05) is 5.56 Å². The molecule has 1 atom stereocenters. The quantitative estimate of drug-likeness (QED) is 0.731. The highest BCUT2D eigenvalue weighted by Crippen LogP contribution is 2.15. The van der Waals surface area contributed by atoms with Gasteiger partial charge in [-0.25, -0.2) is 4.39 Å². The lowest BCUT2D eigenvalue weighted by Crippen LogP contribution is -2.11. The van der Waals surface area contributed by atoms with E-state index in [2.05, 4.69) is 11.8 Å². The van der Waals surface area contributed by atoms with Gasteiger partial charge in [0.05, 0.1) is 5.02 Å². The number of hydrogen-bond donors (Lipinski definition) is 1. The lowest BCUT2D eigenvalue weighted by molar-refractivity contribution is 0.181. The molecule has 0 spiro atoms. The molecule has 1 rings (SSSR count). The molecular formula is C12H12ClFO. The zero-order chi connectivity index (χ0) is 11.4. The lowest BCUT2D eigenvalue weighted by atomic mass is 10.1. The summed E-state index contributed by atoms with van der Waals surface area (Å²) in [5.41, 5.74) is 0.598. The molecule has 1 N–H and O–H groups in total. The average Bonchev–Trinajstić information content (AvgIpc) is 2.19. The fraction of sp³-hybridized carbons (Fsp3) is 0.333. The predicted octanol–water partition coefficient (Wildman–Crippen LogP) is 2.85.